The van der Waals surface area contributed by atoms with E-state index in [9.17, 15) is 10.1 Å². The van der Waals surface area contributed by atoms with Crippen LogP contribution >= 0.6 is 11.3 Å². The van der Waals surface area contributed by atoms with E-state index < -0.39 is 4.92 Å². The molecule has 1 aromatic heterocycles. The second-order valence-corrected chi connectivity index (χ2v) is 4.80. The largest absolute Gasteiger partial charge is 0.378 e. The van der Waals surface area contributed by atoms with Gasteiger partial charge in [-0.3, -0.25) is 10.1 Å². The van der Waals surface area contributed by atoms with Crippen LogP contribution in [0.1, 0.15) is 24.1 Å². The standard InChI is InChI=1S/C13H11N3O2S/c1-9(11-4-5-19-8-11)15-12-3-2-10(7-14)13(6-12)16(17)18/h2-6,8-9,15H,1H3. The van der Waals surface area contributed by atoms with Crippen LogP contribution in [0.5, 0.6) is 0 Å². The maximum Gasteiger partial charge on any atom is 0.289 e. The van der Waals surface area contributed by atoms with Gasteiger partial charge in [0.2, 0.25) is 0 Å². The number of anilines is 1. The highest BCUT2D eigenvalue weighted by Gasteiger charge is 2.15. The van der Waals surface area contributed by atoms with Crippen LogP contribution in [0.3, 0.4) is 0 Å². The Morgan fingerprint density at radius 2 is 2.26 bits per heavy atom. The second kappa shape index (κ2) is 5.50. The lowest BCUT2D eigenvalue weighted by molar-refractivity contribution is -0.385. The Morgan fingerprint density at radius 1 is 1.47 bits per heavy atom. The number of rotatable bonds is 4. The van der Waals surface area contributed by atoms with Crippen molar-refractivity contribution in [2.24, 2.45) is 0 Å². The van der Waals surface area contributed by atoms with E-state index in [-0.39, 0.29) is 17.3 Å². The van der Waals surface area contributed by atoms with Crippen LogP contribution in [-0.2, 0) is 0 Å². The van der Waals surface area contributed by atoms with E-state index in [1.54, 1.807) is 17.4 Å². The lowest BCUT2D eigenvalue weighted by atomic mass is 10.1. The number of nitrogens with one attached hydrogen (secondary N) is 1. The fraction of sp³-hybridized carbons (Fsp3) is 0.154. The second-order valence-electron chi connectivity index (χ2n) is 4.02. The van der Waals surface area contributed by atoms with Crippen molar-refractivity contribution in [3.8, 4) is 6.07 Å². The Kier molecular flexibility index (Phi) is 3.78. The van der Waals surface area contributed by atoms with Gasteiger partial charge in [-0.15, -0.1) is 0 Å². The maximum absolute atomic E-state index is 10.9. The molecular formula is C13H11N3O2S. The smallest absolute Gasteiger partial charge is 0.289 e. The third-order valence-electron chi connectivity index (χ3n) is 2.74. The van der Waals surface area contributed by atoms with Gasteiger partial charge in [0.15, 0.2) is 0 Å². The van der Waals surface area contributed by atoms with Gasteiger partial charge in [-0.2, -0.15) is 16.6 Å². The van der Waals surface area contributed by atoms with Crippen LogP contribution in [0.25, 0.3) is 0 Å². The monoisotopic (exact) mass is 273 g/mol. The van der Waals surface area contributed by atoms with Gasteiger partial charge in [0.25, 0.3) is 5.69 Å². The van der Waals surface area contributed by atoms with E-state index in [0.717, 1.165) is 5.56 Å². The normalized spacial score (nSPS) is 11.6. The molecule has 1 atom stereocenters. The zero-order valence-corrected chi connectivity index (χ0v) is 11.0. The summed E-state index contributed by atoms with van der Waals surface area (Å²) in [6, 6.07) is 8.40. The molecule has 1 N–H and O–H groups in total. The first-order valence-electron chi connectivity index (χ1n) is 5.59. The number of thiophene rings is 1. The van der Waals surface area contributed by atoms with Gasteiger partial charge in [0, 0.05) is 17.8 Å². The average Bonchev–Trinajstić information content (AvgIpc) is 2.92. The molecule has 1 aromatic carbocycles. The summed E-state index contributed by atoms with van der Waals surface area (Å²) in [7, 11) is 0. The van der Waals surface area contributed by atoms with Crippen molar-refractivity contribution < 1.29 is 4.92 Å². The quantitative estimate of drug-likeness (QED) is 0.680. The summed E-state index contributed by atoms with van der Waals surface area (Å²) in [5.74, 6) is 0. The molecule has 1 heterocycles. The zero-order chi connectivity index (χ0) is 13.8. The third kappa shape index (κ3) is 2.89. The fourth-order valence-corrected chi connectivity index (χ4v) is 2.48. The van der Waals surface area contributed by atoms with Crippen LogP contribution in [-0.4, -0.2) is 4.92 Å². The van der Waals surface area contributed by atoms with Crippen LogP contribution in [0.15, 0.2) is 35.0 Å². The number of nitro groups is 1. The molecular weight excluding hydrogens is 262 g/mol. The molecule has 0 aliphatic rings. The number of hydrogen-bond acceptors (Lipinski definition) is 5. The molecule has 0 spiro atoms. The highest BCUT2D eigenvalue weighted by atomic mass is 32.1. The minimum atomic E-state index is -0.543. The van der Waals surface area contributed by atoms with Gasteiger partial charge in [-0.1, -0.05) is 0 Å². The SMILES string of the molecule is CC(Nc1ccc(C#N)c([N+](=O)[O-])c1)c1ccsc1. The molecule has 0 radical (unpaired) electrons. The Morgan fingerprint density at radius 3 is 2.84 bits per heavy atom. The van der Waals surface area contributed by atoms with Gasteiger partial charge in [0.05, 0.1) is 4.92 Å². The van der Waals surface area contributed by atoms with Crippen LogP contribution in [0.2, 0.25) is 0 Å². The number of benzene rings is 1. The lowest BCUT2D eigenvalue weighted by Gasteiger charge is -2.14. The van der Waals surface area contributed by atoms with Gasteiger partial charge < -0.3 is 5.32 Å². The van der Waals surface area contributed by atoms with Gasteiger partial charge in [0.1, 0.15) is 11.6 Å². The van der Waals surface area contributed by atoms with E-state index in [2.05, 4.69) is 5.32 Å². The highest BCUT2D eigenvalue weighted by molar-refractivity contribution is 7.07. The Labute approximate surface area is 114 Å². The molecule has 0 aliphatic carbocycles. The predicted octanol–water partition coefficient (Wildman–Crippen LogP) is 3.70. The molecule has 0 fully saturated rings. The molecule has 0 amide bonds. The molecule has 2 aromatic rings. The number of nitrogens with zero attached hydrogens (tertiary/aromatic N) is 2. The maximum atomic E-state index is 10.9. The molecule has 1 unspecified atom stereocenters. The van der Waals surface area contributed by atoms with Crippen LogP contribution in [0, 0.1) is 21.4 Å². The van der Waals surface area contributed by atoms with Crippen molar-refractivity contribution in [3.05, 3.63) is 56.3 Å². The highest BCUT2D eigenvalue weighted by Crippen LogP contribution is 2.26. The van der Waals surface area contributed by atoms with Crippen molar-refractivity contribution >= 4 is 22.7 Å². The Hall–Kier alpha value is -2.39. The molecule has 0 aliphatic heterocycles. The van der Waals surface area contributed by atoms with Gasteiger partial charge >= 0.3 is 0 Å². The number of nitro benzene ring substituents is 1. The van der Waals surface area contributed by atoms with Gasteiger partial charge in [-0.25, -0.2) is 0 Å². The Bertz CT molecular complexity index is 632. The van der Waals surface area contributed by atoms with E-state index in [1.807, 2.05) is 29.8 Å². The Balaban J connectivity index is 2.25. The molecule has 5 nitrogen and oxygen atoms in total. The van der Waals surface area contributed by atoms with Crippen molar-refractivity contribution in [2.45, 2.75) is 13.0 Å². The third-order valence-corrected chi connectivity index (χ3v) is 3.44. The topological polar surface area (TPSA) is 79.0 Å². The first-order chi connectivity index (χ1) is 9.11. The molecule has 19 heavy (non-hydrogen) atoms. The summed E-state index contributed by atoms with van der Waals surface area (Å²) >= 11 is 1.60. The van der Waals surface area contributed by atoms with Gasteiger partial charge in [-0.05, 0) is 41.4 Å². The first-order valence-corrected chi connectivity index (χ1v) is 6.53. The molecule has 6 heteroatoms. The zero-order valence-electron chi connectivity index (χ0n) is 10.2. The van der Waals surface area contributed by atoms with E-state index in [1.165, 1.54) is 12.1 Å². The first kappa shape index (κ1) is 13.1. The summed E-state index contributed by atoms with van der Waals surface area (Å²) < 4.78 is 0. The molecule has 96 valence electrons. The van der Waals surface area contributed by atoms with E-state index in [4.69, 9.17) is 5.26 Å². The summed E-state index contributed by atoms with van der Waals surface area (Å²) in [5, 5.41) is 26.9. The average molecular weight is 273 g/mol. The van der Waals surface area contributed by atoms with E-state index >= 15 is 0 Å². The van der Waals surface area contributed by atoms with E-state index in [0.29, 0.717) is 5.69 Å². The summed E-state index contributed by atoms with van der Waals surface area (Å²) in [6.45, 7) is 1.98. The summed E-state index contributed by atoms with van der Waals surface area (Å²) in [6.07, 6.45) is 0. The molecule has 2 rings (SSSR count). The van der Waals surface area contributed by atoms with Crippen molar-refractivity contribution in [2.75, 3.05) is 5.32 Å². The predicted molar refractivity (Wildman–Crippen MR) is 74.2 cm³/mol. The molecule has 0 bridgehead atoms. The molecule has 0 saturated heterocycles. The summed E-state index contributed by atoms with van der Waals surface area (Å²) in [4.78, 5) is 10.3. The van der Waals surface area contributed by atoms with Crippen molar-refractivity contribution in [3.63, 3.8) is 0 Å². The van der Waals surface area contributed by atoms with Crippen LogP contribution < -0.4 is 5.32 Å². The van der Waals surface area contributed by atoms with Crippen LogP contribution in [0.4, 0.5) is 11.4 Å². The minimum Gasteiger partial charge on any atom is -0.378 e. The lowest BCUT2D eigenvalue weighted by Crippen LogP contribution is -2.06. The van der Waals surface area contributed by atoms with Crippen molar-refractivity contribution in [1.82, 2.24) is 0 Å². The summed E-state index contributed by atoms with van der Waals surface area (Å²) in [5.41, 5.74) is 1.64. The number of nitriles is 1. The number of hydrogen-bond donors (Lipinski definition) is 1. The fourth-order valence-electron chi connectivity index (χ4n) is 1.72. The molecule has 0 saturated carbocycles. The van der Waals surface area contributed by atoms with Crippen molar-refractivity contribution in [1.29, 1.82) is 5.26 Å². The minimum absolute atomic E-state index is 0.0544.